The molecule has 0 atom stereocenters. The van der Waals surface area contributed by atoms with E-state index in [0.29, 0.717) is 0 Å². The van der Waals surface area contributed by atoms with E-state index in [1.165, 1.54) is 36.7 Å². The average Bonchev–Trinajstić information content (AvgIpc) is 2.22. The smallest absolute Gasteiger partial charge is 0.311 e. The van der Waals surface area contributed by atoms with Crippen LogP contribution in [0.25, 0.3) is 0 Å². The second-order valence-electron chi connectivity index (χ2n) is 2.78. The maximum atomic E-state index is 12.8. The number of H-pyrrole nitrogens is 1. The number of aromatic amines is 1. The van der Waals surface area contributed by atoms with Crippen LogP contribution >= 0.6 is 0 Å². The van der Waals surface area contributed by atoms with Gasteiger partial charge in [0, 0.05) is 18.5 Å². The summed E-state index contributed by atoms with van der Waals surface area (Å²) in [5.74, 6) is -0.304. The lowest BCUT2D eigenvalue weighted by molar-refractivity contribution is 0.450. The van der Waals surface area contributed by atoms with E-state index in [4.69, 9.17) is 4.74 Å². The van der Waals surface area contributed by atoms with E-state index in [1.807, 2.05) is 0 Å². The summed E-state index contributed by atoms with van der Waals surface area (Å²) in [4.78, 5) is 17.3. The molecule has 1 aromatic carbocycles. The third kappa shape index (κ3) is 2.19. The van der Waals surface area contributed by atoms with Gasteiger partial charge in [0.2, 0.25) is 0 Å². The van der Waals surface area contributed by atoms with Gasteiger partial charge < -0.3 is 9.72 Å². The van der Waals surface area contributed by atoms with Crippen LogP contribution in [0.15, 0.2) is 41.5 Å². The molecule has 0 radical (unpaired) electrons. The molecule has 0 aliphatic rings. The summed E-state index contributed by atoms with van der Waals surface area (Å²) >= 11 is 0. The number of rotatable bonds is 2. The molecule has 0 fully saturated rings. The van der Waals surface area contributed by atoms with E-state index in [2.05, 4.69) is 9.97 Å². The molecule has 0 aliphatic heterocycles. The lowest BCUT2D eigenvalue weighted by Gasteiger charge is -2.02. The van der Waals surface area contributed by atoms with Crippen LogP contribution in [0.2, 0.25) is 0 Å². The predicted molar refractivity (Wildman–Crippen MR) is 51.3 cm³/mol. The third-order valence-electron chi connectivity index (χ3n) is 1.69. The summed E-state index contributed by atoms with van der Waals surface area (Å²) in [5, 5.41) is 0. The molecule has 1 aromatic heterocycles. The molecule has 76 valence electrons. The molecule has 0 bridgehead atoms. The maximum Gasteiger partial charge on any atom is 0.311 e. The van der Waals surface area contributed by atoms with Crippen LogP contribution in [0.4, 0.5) is 4.39 Å². The number of nitrogens with one attached hydrogen (secondary N) is 1. The molecule has 0 saturated carbocycles. The lowest BCUT2D eigenvalue weighted by atomic mass is 10.3. The molecule has 0 amide bonds. The fourth-order valence-electron chi connectivity index (χ4n) is 1.05. The van der Waals surface area contributed by atoms with Crippen molar-refractivity contribution in [3.05, 3.63) is 52.8 Å². The van der Waals surface area contributed by atoms with Crippen molar-refractivity contribution in [1.29, 1.82) is 0 Å². The zero-order valence-corrected chi connectivity index (χ0v) is 7.61. The third-order valence-corrected chi connectivity index (χ3v) is 1.69. The first-order valence-corrected chi connectivity index (χ1v) is 4.23. The Labute approximate surface area is 84.4 Å². The Hall–Kier alpha value is -2.17. The SMILES string of the molecule is O=c1[nH]ccnc1Oc1cccc(F)c1. The normalized spacial score (nSPS) is 9.93. The Balaban J connectivity index is 2.30. The molecule has 15 heavy (non-hydrogen) atoms. The zero-order chi connectivity index (χ0) is 10.7. The lowest BCUT2D eigenvalue weighted by Crippen LogP contribution is -2.09. The Bertz CT molecular complexity index is 525. The number of aromatic nitrogens is 2. The van der Waals surface area contributed by atoms with E-state index in [0.717, 1.165) is 0 Å². The molecule has 0 unspecified atom stereocenters. The topological polar surface area (TPSA) is 55.0 Å². The number of hydrogen-bond donors (Lipinski definition) is 1. The first-order chi connectivity index (χ1) is 7.25. The van der Waals surface area contributed by atoms with Gasteiger partial charge in [-0.2, -0.15) is 0 Å². The number of ether oxygens (including phenoxy) is 1. The van der Waals surface area contributed by atoms with Gasteiger partial charge in [-0.3, -0.25) is 4.79 Å². The fraction of sp³-hybridized carbons (Fsp3) is 0. The second kappa shape index (κ2) is 3.91. The summed E-state index contributed by atoms with van der Waals surface area (Å²) in [7, 11) is 0. The van der Waals surface area contributed by atoms with E-state index in [9.17, 15) is 9.18 Å². The molecule has 4 nitrogen and oxygen atoms in total. The summed E-state index contributed by atoms with van der Waals surface area (Å²) in [6.45, 7) is 0. The van der Waals surface area contributed by atoms with Crippen LogP contribution in [0.5, 0.6) is 11.6 Å². The summed E-state index contributed by atoms with van der Waals surface area (Å²) < 4.78 is 17.9. The van der Waals surface area contributed by atoms with E-state index < -0.39 is 11.4 Å². The number of benzene rings is 1. The van der Waals surface area contributed by atoms with Crippen LogP contribution in [-0.4, -0.2) is 9.97 Å². The Morgan fingerprint density at radius 3 is 3.00 bits per heavy atom. The standard InChI is InChI=1S/C10H7FN2O2/c11-7-2-1-3-8(6-7)15-10-9(14)12-4-5-13-10/h1-6H,(H,12,14). The molecular weight excluding hydrogens is 199 g/mol. The number of hydrogen-bond acceptors (Lipinski definition) is 3. The van der Waals surface area contributed by atoms with E-state index >= 15 is 0 Å². The largest absolute Gasteiger partial charge is 0.435 e. The molecule has 2 rings (SSSR count). The Morgan fingerprint density at radius 2 is 2.27 bits per heavy atom. The van der Waals surface area contributed by atoms with Gasteiger partial charge in [0.15, 0.2) is 0 Å². The molecule has 0 saturated heterocycles. The highest BCUT2D eigenvalue weighted by atomic mass is 19.1. The van der Waals surface area contributed by atoms with E-state index in [1.54, 1.807) is 0 Å². The second-order valence-corrected chi connectivity index (χ2v) is 2.78. The van der Waals surface area contributed by atoms with Crippen LogP contribution in [0.1, 0.15) is 0 Å². The number of halogens is 1. The Kier molecular flexibility index (Phi) is 2.45. The van der Waals surface area contributed by atoms with Crippen LogP contribution in [0.3, 0.4) is 0 Å². The van der Waals surface area contributed by atoms with Crippen LogP contribution in [-0.2, 0) is 0 Å². The Morgan fingerprint density at radius 1 is 1.40 bits per heavy atom. The molecule has 5 heteroatoms. The van der Waals surface area contributed by atoms with Crippen molar-refractivity contribution >= 4 is 0 Å². The minimum absolute atomic E-state index is 0.108. The van der Waals surface area contributed by atoms with Gasteiger partial charge in [-0.1, -0.05) is 6.07 Å². The summed E-state index contributed by atoms with van der Waals surface area (Å²) in [6.07, 6.45) is 2.77. The van der Waals surface area contributed by atoms with E-state index in [-0.39, 0.29) is 11.6 Å². The van der Waals surface area contributed by atoms with Gasteiger partial charge >= 0.3 is 5.56 Å². The monoisotopic (exact) mass is 206 g/mol. The van der Waals surface area contributed by atoms with Gasteiger partial charge in [0.1, 0.15) is 11.6 Å². The van der Waals surface area contributed by atoms with Crippen molar-refractivity contribution in [3.8, 4) is 11.6 Å². The minimum atomic E-state index is -0.457. The van der Waals surface area contributed by atoms with Gasteiger partial charge in [0.05, 0.1) is 0 Å². The maximum absolute atomic E-state index is 12.8. The first kappa shape index (κ1) is 9.39. The van der Waals surface area contributed by atoms with Crippen molar-refractivity contribution in [3.63, 3.8) is 0 Å². The first-order valence-electron chi connectivity index (χ1n) is 4.23. The van der Waals surface area contributed by atoms with Crippen molar-refractivity contribution < 1.29 is 9.13 Å². The minimum Gasteiger partial charge on any atom is -0.435 e. The van der Waals surface area contributed by atoms with Crippen molar-refractivity contribution in [2.75, 3.05) is 0 Å². The van der Waals surface area contributed by atoms with Gasteiger partial charge in [-0.15, -0.1) is 0 Å². The predicted octanol–water partition coefficient (Wildman–Crippen LogP) is 1.70. The quantitative estimate of drug-likeness (QED) is 0.813. The van der Waals surface area contributed by atoms with Gasteiger partial charge in [0.25, 0.3) is 5.88 Å². The molecule has 1 N–H and O–H groups in total. The molecule has 0 spiro atoms. The molecule has 0 aliphatic carbocycles. The van der Waals surface area contributed by atoms with Crippen LogP contribution in [0, 0.1) is 5.82 Å². The van der Waals surface area contributed by atoms with Crippen molar-refractivity contribution in [1.82, 2.24) is 9.97 Å². The van der Waals surface area contributed by atoms with Gasteiger partial charge in [-0.25, -0.2) is 9.37 Å². The fourth-order valence-corrected chi connectivity index (χ4v) is 1.05. The highest BCUT2D eigenvalue weighted by molar-refractivity contribution is 5.26. The summed E-state index contributed by atoms with van der Waals surface area (Å²) in [5.41, 5.74) is -0.457. The average molecular weight is 206 g/mol. The van der Waals surface area contributed by atoms with Crippen molar-refractivity contribution in [2.24, 2.45) is 0 Å². The van der Waals surface area contributed by atoms with Crippen LogP contribution < -0.4 is 10.3 Å². The molecule has 1 heterocycles. The summed E-state index contributed by atoms with van der Waals surface area (Å²) in [6, 6.07) is 5.49. The van der Waals surface area contributed by atoms with Gasteiger partial charge in [-0.05, 0) is 12.1 Å². The highest BCUT2D eigenvalue weighted by Crippen LogP contribution is 2.16. The molecular formula is C10H7FN2O2. The zero-order valence-electron chi connectivity index (χ0n) is 7.61. The molecule has 2 aromatic rings. The number of nitrogens with zero attached hydrogens (tertiary/aromatic N) is 1. The van der Waals surface area contributed by atoms with Crippen molar-refractivity contribution in [2.45, 2.75) is 0 Å². The highest BCUT2D eigenvalue weighted by Gasteiger charge is 2.03.